The summed E-state index contributed by atoms with van der Waals surface area (Å²) in [5, 5.41) is 9.07. The van der Waals surface area contributed by atoms with E-state index in [1.54, 1.807) is 10.7 Å². The number of hydrogen-bond donors (Lipinski definition) is 1. The van der Waals surface area contributed by atoms with E-state index in [4.69, 9.17) is 5.14 Å². The summed E-state index contributed by atoms with van der Waals surface area (Å²) in [7, 11) is 0.256. The zero-order valence-electron chi connectivity index (χ0n) is 9.42. The number of fused-ring (bicyclic) bond motifs is 1. The Bertz CT molecular complexity index is 492. The third-order valence-electron chi connectivity index (χ3n) is 2.89. The van der Waals surface area contributed by atoms with E-state index in [-0.39, 0.29) is 11.1 Å². The first-order valence-corrected chi connectivity index (χ1v) is 6.71. The van der Waals surface area contributed by atoms with Crippen LogP contribution < -0.4 is 5.14 Å². The first-order valence-electron chi connectivity index (χ1n) is 5.16. The molecule has 0 bridgehead atoms. The average molecular weight is 244 g/mol. The van der Waals surface area contributed by atoms with Crippen LogP contribution in [-0.4, -0.2) is 37.2 Å². The standard InChI is InChI=1S/C9H16N4O2S/c1-12(2)7-4-3-5-13-8(7)6-9(11-13)16(10,14)15/h6-7H,3-5H2,1-2H3,(H2,10,14,15). The van der Waals surface area contributed by atoms with Gasteiger partial charge < -0.3 is 4.90 Å². The van der Waals surface area contributed by atoms with Crippen molar-refractivity contribution in [2.24, 2.45) is 5.14 Å². The van der Waals surface area contributed by atoms with Gasteiger partial charge in [0.25, 0.3) is 10.0 Å². The highest BCUT2D eigenvalue weighted by Crippen LogP contribution is 2.29. The van der Waals surface area contributed by atoms with Crippen molar-refractivity contribution in [3.8, 4) is 0 Å². The number of hydrogen-bond acceptors (Lipinski definition) is 4. The summed E-state index contributed by atoms with van der Waals surface area (Å²) in [5.41, 5.74) is 0.931. The molecule has 0 radical (unpaired) electrons. The van der Waals surface area contributed by atoms with Crippen LogP contribution in [0.3, 0.4) is 0 Å². The molecule has 1 aliphatic heterocycles. The Morgan fingerprint density at radius 3 is 2.81 bits per heavy atom. The Labute approximate surface area is 95.1 Å². The molecule has 0 aromatic carbocycles. The Morgan fingerprint density at radius 2 is 2.25 bits per heavy atom. The van der Waals surface area contributed by atoms with Crippen molar-refractivity contribution >= 4 is 10.0 Å². The predicted octanol–water partition coefficient (Wildman–Crippen LogP) is -0.0730. The fourth-order valence-corrected chi connectivity index (χ4v) is 2.60. The second-order valence-corrected chi connectivity index (χ2v) is 5.81. The van der Waals surface area contributed by atoms with Crippen molar-refractivity contribution in [1.29, 1.82) is 0 Å². The maximum Gasteiger partial charge on any atom is 0.257 e. The van der Waals surface area contributed by atoms with Crippen LogP contribution in [0.4, 0.5) is 0 Å². The van der Waals surface area contributed by atoms with E-state index in [0.29, 0.717) is 0 Å². The van der Waals surface area contributed by atoms with E-state index >= 15 is 0 Å². The zero-order valence-corrected chi connectivity index (χ0v) is 10.2. The summed E-state index contributed by atoms with van der Waals surface area (Å²) in [6.07, 6.45) is 2.02. The fraction of sp³-hybridized carbons (Fsp3) is 0.667. The monoisotopic (exact) mass is 244 g/mol. The molecule has 0 saturated heterocycles. The third kappa shape index (κ3) is 1.98. The summed E-state index contributed by atoms with van der Waals surface area (Å²) in [6, 6.07) is 1.80. The maximum atomic E-state index is 11.2. The van der Waals surface area contributed by atoms with Crippen LogP contribution in [0.2, 0.25) is 0 Å². The molecule has 90 valence electrons. The summed E-state index contributed by atoms with van der Waals surface area (Å²) < 4.78 is 24.2. The SMILES string of the molecule is CN(C)C1CCCn2nc(S(N)(=O)=O)cc21. The third-order valence-corrected chi connectivity index (χ3v) is 3.67. The second-order valence-electron chi connectivity index (χ2n) is 4.30. The molecule has 1 aliphatic rings. The van der Waals surface area contributed by atoms with Crippen LogP contribution in [0.15, 0.2) is 11.1 Å². The van der Waals surface area contributed by atoms with Crippen molar-refractivity contribution in [3.05, 3.63) is 11.8 Å². The molecule has 16 heavy (non-hydrogen) atoms. The smallest absolute Gasteiger partial charge is 0.257 e. The van der Waals surface area contributed by atoms with Crippen LogP contribution in [0.5, 0.6) is 0 Å². The van der Waals surface area contributed by atoms with Gasteiger partial charge in [-0.1, -0.05) is 0 Å². The number of nitrogens with two attached hydrogens (primary N) is 1. The molecule has 7 heteroatoms. The van der Waals surface area contributed by atoms with E-state index in [2.05, 4.69) is 10.00 Å². The van der Waals surface area contributed by atoms with Gasteiger partial charge in [-0.2, -0.15) is 5.10 Å². The Balaban J connectivity index is 2.46. The number of rotatable bonds is 2. The largest absolute Gasteiger partial charge is 0.301 e. The summed E-state index contributed by atoms with van der Waals surface area (Å²) in [5.74, 6) is 0. The molecule has 0 saturated carbocycles. The quantitative estimate of drug-likeness (QED) is 0.789. The molecule has 6 nitrogen and oxygen atoms in total. The second kappa shape index (κ2) is 3.83. The molecule has 2 heterocycles. The normalized spacial score (nSPS) is 21.1. The van der Waals surface area contributed by atoms with Gasteiger partial charge in [-0.3, -0.25) is 4.68 Å². The van der Waals surface area contributed by atoms with Gasteiger partial charge in [0.15, 0.2) is 5.03 Å². The van der Waals surface area contributed by atoms with Gasteiger partial charge in [-0.05, 0) is 26.9 Å². The van der Waals surface area contributed by atoms with Crippen molar-refractivity contribution in [1.82, 2.24) is 14.7 Å². The summed E-state index contributed by atoms with van der Waals surface area (Å²) in [6.45, 7) is 0.759. The minimum Gasteiger partial charge on any atom is -0.301 e. The molecule has 0 fully saturated rings. The first kappa shape index (κ1) is 11.6. The molecule has 1 atom stereocenters. The van der Waals surface area contributed by atoms with Crippen LogP contribution >= 0.6 is 0 Å². The summed E-state index contributed by atoms with van der Waals surface area (Å²) in [4.78, 5) is 2.07. The molecule has 1 unspecified atom stereocenters. The lowest BCUT2D eigenvalue weighted by Crippen LogP contribution is -2.26. The van der Waals surface area contributed by atoms with Gasteiger partial charge in [0.1, 0.15) is 0 Å². The van der Waals surface area contributed by atoms with Crippen molar-refractivity contribution in [2.75, 3.05) is 14.1 Å². The van der Waals surface area contributed by atoms with Crippen molar-refractivity contribution < 1.29 is 8.42 Å². The molecule has 0 aliphatic carbocycles. The minimum atomic E-state index is -3.70. The molecule has 0 spiro atoms. The lowest BCUT2D eigenvalue weighted by Gasteiger charge is -2.28. The fourth-order valence-electron chi connectivity index (χ4n) is 2.10. The Kier molecular flexibility index (Phi) is 2.77. The lowest BCUT2D eigenvalue weighted by molar-refractivity contribution is 0.236. The van der Waals surface area contributed by atoms with Crippen molar-refractivity contribution in [3.63, 3.8) is 0 Å². The highest BCUT2D eigenvalue weighted by molar-refractivity contribution is 7.89. The summed E-state index contributed by atoms with van der Waals surface area (Å²) >= 11 is 0. The number of aryl methyl sites for hydroxylation is 1. The van der Waals surface area contributed by atoms with Gasteiger partial charge in [0, 0.05) is 12.6 Å². The zero-order chi connectivity index (χ0) is 11.9. The van der Waals surface area contributed by atoms with E-state index in [1.165, 1.54) is 0 Å². The van der Waals surface area contributed by atoms with Gasteiger partial charge in [-0.15, -0.1) is 0 Å². The van der Waals surface area contributed by atoms with Crippen LogP contribution in [0, 0.1) is 0 Å². The first-order chi connectivity index (χ1) is 7.39. The molecule has 2 rings (SSSR count). The Morgan fingerprint density at radius 1 is 1.56 bits per heavy atom. The van der Waals surface area contributed by atoms with E-state index < -0.39 is 10.0 Å². The van der Waals surface area contributed by atoms with Gasteiger partial charge in [0.2, 0.25) is 0 Å². The maximum absolute atomic E-state index is 11.2. The van der Waals surface area contributed by atoms with Gasteiger partial charge in [0.05, 0.1) is 11.7 Å². The average Bonchev–Trinajstić information content (AvgIpc) is 2.59. The molecule has 0 amide bonds. The van der Waals surface area contributed by atoms with E-state index in [9.17, 15) is 8.42 Å². The van der Waals surface area contributed by atoms with Crippen LogP contribution in [0.25, 0.3) is 0 Å². The number of primary sulfonamides is 1. The molecule has 1 aromatic heterocycles. The highest BCUT2D eigenvalue weighted by Gasteiger charge is 2.26. The molecular weight excluding hydrogens is 228 g/mol. The number of aromatic nitrogens is 2. The van der Waals surface area contributed by atoms with Gasteiger partial charge >= 0.3 is 0 Å². The van der Waals surface area contributed by atoms with E-state index in [0.717, 1.165) is 25.1 Å². The minimum absolute atomic E-state index is 0.0312. The molecule has 1 aromatic rings. The predicted molar refractivity (Wildman–Crippen MR) is 59.3 cm³/mol. The molecular formula is C9H16N4O2S. The molecule has 2 N–H and O–H groups in total. The lowest BCUT2D eigenvalue weighted by atomic mass is 10.0. The van der Waals surface area contributed by atoms with Crippen molar-refractivity contribution in [2.45, 2.75) is 30.5 Å². The topological polar surface area (TPSA) is 81.2 Å². The van der Waals surface area contributed by atoms with E-state index in [1.807, 2.05) is 14.1 Å². The van der Waals surface area contributed by atoms with Crippen LogP contribution in [-0.2, 0) is 16.6 Å². The van der Waals surface area contributed by atoms with Gasteiger partial charge in [-0.25, -0.2) is 13.6 Å². The number of sulfonamides is 1. The number of nitrogens with zero attached hydrogens (tertiary/aromatic N) is 3. The van der Waals surface area contributed by atoms with Crippen LogP contribution in [0.1, 0.15) is 24.6 Å². The Hall–Kier alpha value is -0.920. The highest BCUT2D eigenvalue weighted by atomic mass is 32.2.